The maximum atomic E-state index is 11.8. The van der Waals surface area contributed by atoms with Crippen molar-refractivity contribution in [1.29, 1.82) is 0 Å². The molecule has 0 saturated carbocycles. The molecule has 1 aromatic rings. The number of methoxy groups -OCH3 is 2. The van der Waals surface area contributed by atoms with Gasteiger partial charge in [-0.25, -0.2) is 14.4 Å². The highest BCUT2D eigenvalue weighted by Gasteiger charge is 2.37. The number of esters is 1. The van der Waals surface area contributed by atoms with E-state index in [9.17, 15) is 14.4 Å². The minimum absolute atomic E-state index is 0.0577. The number of aliphatic carboxylic acids is 2. The van der Waals surface area contributed by atoms with Crippen LogP contribution in [0.2, 0.25) is 0 Å². The number of carbonyl (C=O) groups excluding carboxylic acids is 1. The second-order valence-electron chi connectivity index (χ2n) is 3.89. The van der Waals surface area contributed by atoms with E-state index in [1.807, 2.05) is 0 Å². The number of hydrogen-bond acceptors (Lipinski definition) is 6. The quantitative estimate of drug-likeness (QED) is 0.694. The summed E-state index contributed by atoms with van der Waals surface area (Å²) in [6.07, 6.45) is -3.76. The van der Waals surface area contributed by atoms with Crippen molar-refractivity contribution in [2.24, 2.45) is 0 Å². The van der Waals surface area contributed by atoms with Gasteiger partial charge in [0.25, 0.3) is 0 Å². The van der Waals surface area contributed by atoms with Crippen LogP contribution in [-0.4, -0.2) is 54.5 Å². The van der Waals surface area contributed by atoms with Crippen LogP contribution in [0.1, 0.15) is 10.4 Å². The average Bonchev–Trinajstić information content (AvgIpc) is 2.46. The lowest BCUT2D eigenvalue weighted by molar-refractivity contribution is -0.168. The van der Waals surface area contributed by atoms with Gasteiger partial charge < -0.3 is 24.4 Å². The Balaban J connectivity index is 2.90. The van der Waals surface area contributed by atoms with E-state index in [1.165, 1.54) is 31.4 Å². The van der Waals surface area contributed by atoms with Crippen LogP contribution in [-0.2, 0) is 19.1 Å². The van der Waals surface area contributed by atoms with Crippen LogP contribution in [0.15, 0.2) is 24.3 Å². The van der Waals surface area contributed by atoms with Gasteiger partial charge in [0.1, 0.15) is 5.75 Å². The first-order valence-corrected chi connectivity index (χ1v) is 5.74. The van der Waals surface area contributed by atoms with Gasteiger partial charge in [-0.3, -0.25) is 0 Å². The second kappa shape index (κ2) is 7.25. The molecule has 0 spiro atoms. The van der Waals surface area contributed by atoms with Crippen molar-refractivity contribution in [3.8, 4) is 5.75 Å². The SMILES string of the molecule is COc1ccc(C(=O)O[C@H](C(=O)O)[C@H](OC)C(=O)O)cc1. The molecule has 0 aliphatic rings. The maximum absolute atomic E-state index is 11.8. The molecule has 1 aromatic carbocycles. The van der Waals surface area contributed by atoms with Gasteiger partial charge in [0.05, 0.1) is 12.7 Å². The normalized spacial score (nSPS) is 13.0. The topological polar surface area (TPSA) is 119 Å². The van der Waals surface area contributed by atoms with Crippen LogP contribution in [0.3, 0.4) is 0 Å². The lowest BCUT2D eigenvalue weighted by atomic mass is 10.2. The van der Waals surface area contributed by atoms with E-state index < -0.39 is 30.1 Å². The predicted molar refractivity (Wildman–Crippen MR) is 68.3 cm³/mol. The van der Waals surface area contributed by atoms with Gasteiger partial charge in [-0.1, -0.05) is 0 Å². The number of carbonyl (C=O) groups is 3. The third kappa shape index (κ3) is 4.18. The van der Waals surface area contributed by atoms with Gasteiger partial charge >= 0.3 is 17.9 Å². The molecule has 0 saturated heterocycles. The highest BCUT2D eigenvalue weighted by atomic mass is 16.6. The summed E-state index contributed by atoms with van der Waals surface area (Å²) in [7, 11) is 2.46. The molecule has 0 unspecified atom stereocenters. The summed E-state index contributed by atoms with van der Waals surface area (Å²) in [5.74, 6) is -3.64. The van der Waals surface area contributed by atoms with Crippen LogP contribution >= 0.6 is 0 Å². The number of ether oxygens (including phenoxy) is 3. The van der Waals surface area contributed by atoms with Gasteiger partial charge in [0, 0.05) is 7.11 Å². The molecule has 0 aliphatic carbocycles. The fourth-order valence-corrected chi connectivity index (χ4v) is 1.51. The van der Waals surface area contributed by atoms with Crippen molar-refractivity contribution in [3.63, 3.8) is 0 Å². The molecule has 8 nitrogen and oxygen atoms in total. The van der Waals surface area contributed by atoms with Crippen LogP contribution in [0.25, 0.3) is 0 Å². The Morgan fingerprint density at radius 2 is 1.48 bits per heavy atom. The molecule has 0 aliphatic heterocycles. The molecule has 21 heavy (non-hydrogen) atoms. The third-order valence-corrected chi connectivity index (χ3v) is 2.58. The summed E-state index contributed by atoms with van der Waals surface area (Å²) in [6.45, 7) is 0. The van der Waals surface area contributed by atoms with E-state index in [4.69, 9.17) is 19.7 Å². The van der Waals surface area contributed by atoms with Crippen molar-refractivity contribution in [1.82, 2.24) is 0 Å². The van der Waals surface area contributed by atoms with E-state index in [0.717, 1.165) is 7.11 Å². The van der Waals surface area contributed by atoms with Crippen molar-refractivity contribution in [2.45, 2.75) is 12.2 Å². The lowest BCUT2D eigenvalue weighted by Crippen LogP contribution is -2.44. The Morgan fingerprint density at radius 1 is 0.952 bits per heavy atom. The largest absolute Gasteiger partial charge is 0.497 e. The standard InChI is InChI=1S/C13H14O8/c1-19-8-5-3-7(4-6-8)13(18)21-10(12(16)17)9(20-2)11(14)15/h3-6,9-10H,1-2H3,(H,14,15)(H,16,17)/t9-,10-/m0/s1. The minimum Gasteiger partial charge on any atom is -0.497 e. The first kappa shape index (κ1) is 16.4. The first-order chi connectivity index (χ1) is 9.90. The Labute approximate surface area is 119 Å². The van der Waals surface area contributed by atoms with E-state index in [1.54, 1.807) is 0 Å². The Morgan fingerprint density at radius 3 is 1.86 bits per heavy atom. The molecular weight excluding hydrogens is 284 g/mol. The number of carboxylic acids is 2. The lowest BCUT2D eigenvalue weighted by Gasteiger charge is -2.19. The molecule has 1 rings (SSSR count). The number of carboxylic acid groups (broad SMARTS) is 2. The smallest absolute Gasteiger partial charge is 0.348 e. The Bertz CT molecular complexity index is 521. The molecule has 8 heteroatoms. The van der Waals surface area contributed by atoms with Crippen LogP contribution in [0.4, 0.5) is 0 Å². The molecule has 2 atom stereocenters. The third-order valence-electron chi connectivity index (χ3n) is 2.58. The van der Waals surface area contributed by atoms with E-state index in [2.05, 4.69) is 4.74 Å². The minimum atomic E-state index is -1.96. The molecule has 114 valence electrons. The molecule has 0 amide bonds. The number of rotatable bonds is 7. The van der Waals surface area contributed by atoms with Gasteiger partial charge in [-0.15, -0.1) is 0 Å². The summed E-state index contributed by atoms with van der Waals surface area (Å²) < 4.78 is 14.1. The van der Waals surface area contributed by atoms with Gasteiger partial charge in [0.15, 0.2) is 0 Å². The van der Waals surface area contributed by atoms with Crippen LogP contribution in [0, 0.1) is 0 Å². The average molecular weight is 298 g/mol. The molecule has 0 bridgehead atoms. The summed E-state index contributed by atoms with van der Waals surface area (Å²) in [5, 5.41) is 17.8. The van der Waals surface area contributed by atoms with Gasteiger partial charge in [0.2, 0.25) is 12.2 Å². The predicted octanol–water partition coefficient (Wildman–Crippen LogP) is 0.405. The van der Waals surface area contributed by atoms with Crippen molar-refractivity contribution in [2.75, 3.05) is 14.2 Å². The van der Waals surface area contributed by atoms with Gasteiger partial charge in [-0.05, 0) is 24.3 Å². The second-order valence-corrected chi connectivity index (χ2v) is 3.89. The fourth-order valence-electron chi connectivity index (χ4n) is 1.51. The summed E-state index contributed by atoms with van der Waals surface area (Å²) >= 11 is 0. The van der Waals surface area contributed by atoms with E-state index in [-0.39, 0.29) is 5.56 Å². The van der Waals surface area contributed by atoms with Crippen LogP contribution in [0.5, 0.6) is 5.75 Å². The first-order valence-electron chi connectivity index (χ1n) is 5.74. The fraction of sp³-hybridized carbons (Fsp3) is 0.308. The monoisotopic (exact) mass is 298 g/mol. The maximum Gasteiger partial charge on any atom is 0.348 e. The van der Waals surface area contributed by atoms with Crippen molar-refractivity contribution in [3.05, 3.63) is 29.8 Å². The zero-order valence-corrected chi connectivity index (χ0v) is 11.3. The summed E-state index contributed by atoms with van der Waals surface area (Å²) in [6, 6.07) is 5.69. The van der Waals surface area contributed by atoms with E-state index in [0.29, 0.717) is 5.75 Å². The summed E-state index contributed by atoms with van der Waals surface area (Å²) in [4.78, 5) is 33.7. The van der Waals surface area contributed by atoms with Crippen LogP contribution < -0.4 is 4.74 Å². The molecule has 2 N–H and O–H groups in total. The van der Waals surface area contributed by atoms with Gasteiger partial charge in [-0.2, -0.15) is 0 Å². The molecule has 0 fully saturated rings. The summed E-state index contributed by atoms with van der Waals surface area (Å²) in [5.41, 5.74) is 0.0577. The number of hydrogen-bond donors (Lipinski definition) is 2. The zero-order valence-electron chi connectivity index (χ0n) is 11.3. The highest BCUT2D eigenvalue weighted by molar-refractivity contribution is 5.93. The molecule has 0 aromatic heterocycles. The highest BCUT2D eigenvalue weighted by Crippen LogP contribution is 2.14. The van der Waals surface area contributed by atoms with Crippen molar-refractivity contribution >= 4 is 17.9 Å². The molecule has 0 radical (unpaired) electrons. The molecular formula is C13H14O8. The van der Waals surface area contributed by atoms with E-state index >= 15 is 0 Å². The Kier molecular flexibility index (Phi) is 5.67. The Hall–Kier alpha value is -2.61. The number of benzene rings is 1. The molecule has 0 heterocycles. The van der Waals surface area contributed by atoms with Crippen molar-refractivity contribution < 1.29 is 38.8 Å². The zero-order chi connectivity index (χ0) is 16.0.